The van der Waals surface area contributed by atoms with Gasteiger partial charge in [0.1, 0.15) is 0 Å². The van der Waals surface area contributed by atoms with Gasteiger partial charge in [0, 0.05) is 4.43 Å². The monoisotopic (exact) mass is 346 g/mol. The molecule has 0 bridgehead atoms. The SMILES string of the molecule is CC(C)=CCC/C(C)=C/CC/C(C)=C/CCI. The average Bonchev–Trinajstić information content (AvgIpc) is 2.25. The topological polar surface area (TPSA) is 0 Å². The summed E-state index contributed by atoms with van der Waals surface area (Å²) in [5.41, 5.74) is 4.49. The molecule has 0 amide bonds. The molecule has 0 N–H and O–H groups in total. The van der Waals surface area contributed by atoms with Crippen molar-refractivity contribution in [1.82, 2.24) is 0 Å². The summed E-state index contributed by atoms with van der Waals surface area (Å²) >= 11 is 2.43. The smallest absolute Gasteiger partial charge is 0.00300 e. The fourth-order valence-corrected chi connectivity index (χ4v) is 1.95. The lowest BCUT2D eigenvalue weighted by molar-refractivity contribution is 0.914. The van der Waals surface area contributed by atoms with Crippen LogP contribution in [0.5, 0.6) is 0 Å². The molecule has 0 aromatic carbocycles. The minimum Gasteiger partial charge on any atom is -0.0860 e. The normalized spacial score (nSPS) is 12.8. The predicted molar refractivity (Wildman–Crippen MR) is 88.9 cm³/mol. The van der Waals surface area contributed by atoms with Crippen molar-refractivity contribution >= 4 is 22.6 Å². The summed E-state index contributed by atoms with van der Waals surface area (Å²) in [6, 6.07) is 0. The van der Waals surface area contributed by atoms with Gasteiger partial charge in [0.15, 0.2) is 0 Å². The predicted octanol–water partition coefficient (Wildman–Crippen LogP) is 6.23. The molecular formula is C16H27I. The van der Waals surface area contributed by atoms with E-state index in [0.29, 0.717) is 0 Å². The fraction of sp³-hybridized carbons (Fsp3) is 0.625. The lowest BCUT2D eigenvalue weighted by Crippen LogP contribution is -1.81. The Morgan fingerprint density at radius 1 is 0.765 bits per heavy atom. The fourth-order valence-electron chi connectivity index (χ4n) is 1.64. The van der Waals surface area contributed by atoms with E-state index in [1.54, 1.807) is 0 Å². The molecule has 0 atom stereocenters. The molecule has 0 saturated heterocycles. The van der Waals surface area contributed by atoms with Crippen molar-refractivity contribution in [3.8, 4) is 0 Å². The molecule has 98 valence electrons. The third-order valence-corrected chi connectivity index (χ3v) is 3.35. The second kappa shape index (κ2) is 11.1. The first-order valence-electron chi connectivity index (χ1n) is 6.57. The number of allylic oxidation sites excluding steroid dienone is 6. The van der Waals surface area contributed by atoms with Crippen molar-refractivity contribution in [3.05, 3.63) is 34.9 Å². The summed E-state index contributed by atoms with van der Waals surface area (Å²) in [4.78, 5) is 0. The van der Waals surface area contributed by atoms with Gasteiger partial charge in [-0.1, -0.05) is 57.5 Å². The van der Waals surface area contributed by atoms with Gasteiger partial charge in [0.2, 0.25) is 0 Å². The van der Waals surface area contributed by atoms with E-state index in [2.05, 4.69) is 68.5 Å². The van der Waals surface area contributed by atoms with Gasteiger partial charge >= 0.3 is 0 Å². The van der Waals surface area contributed by atoms with Crippen LogP contribution < -0.4 is 0 Å². The van der Waals surface area contributed by atoms with Crippen LogP contribution in [0.15, 0.2) is 34.9 Å². The van der Waals surface area contributed by atoms with Gasteiger partial charge in [-0.15, -0.1) is 0 Å². The molecule has 0 heterocycles. The van der Waals surface area contributed by atoms with Crippen molar-refractivity contribution in [3.63, 3.8) is 0 Å². The number of hydrogen-bond donors (Lipinski definition) is 0. The van der Waals surface area contributed by atoms with Crippen LogP contribution in [0, 0.1) is 0 Å². The number of rotatable bonds is 8. The summed E-state index contributed by atoms with van der Waals surface area (Å²) in [7, 11) is 0. The van der Waals surface area contributed by atoms with Crippen LogP contribution in [0.25, 0.3) is 0 Å². The van der Waals surface area contributed by atoms with E-state index in [0.717, 1.165) is 0 Å². The standard InChI is InChI=1S/C16H27I/c1-14(2)8-5-9-15(3)10-6-11-16(4)12-7-13-17/h8,10,12H,5-7,9,11,13H2,1-4H3/b15-10+,16-12+. The number of hydrogen-bond acceptors (Lipinski definition) is 0. The van der Waals surface area contributed by atoms with Crippen LogP contribution in [0.4, 0.5) is 0 Å². The van der Waals surface area contributed by atoms with Crippen LogP contribution in [-0.4, -0.2) is 4.43 Å². The van der Waals surface area contributed by atoms with Gasteiger partial charge in [-0.2, -0.15) is 0 Å². The molecule has 0 unspecified atom stereocenters. The largest absolute Gasteiger partial charge is 0.0860 e. The Morgan fingerprint density at radius 2 is 1.24 bits per heavy atom. The van der Waals surface area contributed by atoms with Gasteiger partial charge in [0.25, 0.3) is 0 Å². The number of alkyl halides is 1. The lowest BCUT2D eigenvalue weighted by Gasteiger charge is -2.01. The van der Waals surface area contributed by atoms with Crippen molar-refractivity contribution in [2.45, 2.75) is 59.8 Å². The highest BCUT2D eigenvalue weighted by molar-refractivity contribution is 14.1. The Balaban J connectivity index is 3.80. The Bertz CT molecular complexity index is 278. The molecule has 0 fully saturated rings. The summed E-state index contributed by atoms with van der Waals surface area (Å²) in [5, 5.41) is 0. The molecule has 1 heteroatoms. The highest BCUT2D eigenvalue weighted by Crippen LogP contribution is 2.11. The van der Waals surface area contributed by atoms with E-state index in [9.17, 15) is 0 Å². The minimum atomic E-state index is 1.19. The second-order valence-electron chi connectivity index (χ2n) is 4.94. The maximum Gasteiger partial charge on any atom is 0.00300 e. The molecule has 0 aromatic heterocycles. The first-order valence-corrected chi connectivity index (χ1v) is 8.09. The van der Waals surface area contributed by atoms with Crippen molar-refractivity contribution in [2.75, 3.05) is 4.43 Å². The van der Waals surface area contributed by atoms with E-state index in [-0.39, 0.29) is 0 Å². The third kappa shape index (κ3) is 12.2. The van der Waals surface area contributed by atoms with Gasteiger partial charge in [-0.05, 0) is 59.8 Å². The number of halogens is 1. The first-order chi connectivity index (χ1) is 8.06. The van der Waals surface area contributed by atoms with Crippen molar-refractivity contribution in [2.24, 2.45) is 0 Å². The van der Waals surface area contributed by atoms with Crippen LogP contribution in [0.2, 0.25) is 0 Å². The zero-order valence-electron chi connectivity index (χ0n) is 11.9. The van der Waals surface area contributed by atoms with Gasteiger partial charge < -0.3 is 0 Å². The Morgan fingerprint density at radius 3 is 1.71 bits per heavy atom. The molecule has 0 aliphatic rings. The first kappa shape index (κ1) is 16.9. The summed E-state index contributed by atoms with van der Waals surface area (Å²) in [5.74, 6) is 0. The third-order valence-electron chi connectivity index (χ3n) is 2.72. The van der Waals surface area contributed by atoms with Gasteiger partial charge in [0.05, 0.1) is 0 Å². The summed E-state index contributed by atoms with van der Waals surface area (Å²) < 4.78 is 1.23. The zero-order chi connectivity index (χ0) is 13.1. The molecule has 0 aromatic rings. The summed E-state index contributed by atoms with van der Waals surface area (Å²) in [6.45, 7) is 8.84. The Hall–Kier alpha value is -0.0500. The lowest BCUT2D eigenvalue weighted by atomic mass is 10.1. The second-order valence-corrected chi connectivity index (χ2v) is 6.02. The minimum absolute atomic E-state index is 1.19. The molecule has 0 aliphatic carbocycles. The van der Waals surface area contributed by atoms with Crippen molar-refractivity contribution < 1.29 is 0 Å². The van der Waals surface area contributed by atoms with Gasteiger partial charge in [-0.3, -0.25) is 0 Å². The quantitative estimate of drug-likeness (QED) is 0.278. The maximum absolute atomic E-state index is 2.43. The zero-order valence-corrected chi connectivity index (χ0v) is 14.0. The maximum atomic E-state index is 2.43. The van der Waals surface area contributed by atoms with Crippen LogP contribution in [0.3, 0.4) is 0 Å². The highest BCUT2D eigenvalue weighted by Gasteiger charge is 1.91. The molecule has 0 rings (SSSR count). The van der Waals surface area contributed by atoms with E-state index >= 15 is 0 Å². The van der Waals surface area contributed by atoms with Crippen LogP contribution in [0.1, 0.15) is 59.8 Å². The highest BCUT2D eigenvalue weighted by atomic mass is 127. The molecule has 0 nitrogen and oxygen atoms in total. The molecule has 17 heavy (non-hydrogen) atoms. The molecular weight excluding hydrogens is 319 g/mol. The van der Waals surface area contributed by atoms with Gasteiger partial charge in [-0.25, -0.2) is 0 Å². The summed E-state index contributed by atoms with van der Waals surface area (Å²) in [6.07, 6.45) is 13.1. The Kier molecular flexibility index (Phi) is 11.0. The Labute approximate surface area is 121 Å². The van der Waals surface area contributed by atoms with E-state index in [4.69, 9.17) is 0 Å². The average molecular weight is 346 g/mol. The van der Waals surface area contributed by atoms with E-state index in [1.807, 2.05) is 0 Å². The molecule has 0 spiro atoms. The molecule has 0 radical (unpaired) electrons. The molecule has 0 aliphatic heterocycles. The van der Waals surface area contributed by atoms with Crippen molar-refractivity contribution in [1.29, 1.82) is 0 Å². The van der Waals surface area contributed by atoms with E-state index in [1.165, 1.54) is 53.3 Å². The van der Waals surface area contributed by atoms with Crippen LogP contribution in [-0.2, 0) is 0 Å². The van der Waals surface area contributed by atoms with E-state index < -0.39 is 0 Å². The van der Waals surface area contributed by atoms with Crippen LogP contribution >= 0.6 is 22.6 Å². The molecule has 0 saturated carbocycles.